The highest BCUT2D eigenvalue weighted by atomic mass is 35.5. The maximum Gasteiger partial charge on any atom is 0.312 e. The maximum absolute atomic E-state index is 11.7. The zero-order valence-electron chi connectivity index (χ0n) is 10.4. The van der Waals surface area contributed by atoms with Gasteiger partial charge in [0, 0.05) is 11.4 Å². The number of hydrogen-bond donors (Lipinski definition) is 4. The van der Waals surface area contributed by atoms with Crippen LogP contribution in [0.3, 0.4) is 0 Å². The maximum atomic E-state index is 11.7. The van der Waals surface area contributed by atoms with Gasteiger partial charge in [-0.05, 0) is 24.4 Å². The van der Waals surface area contributed by atoms with Crippen molar-refractivity contribution in [3.05, 3.63) is 22.4 Å². The van der Waals surface area contributed by atoms with Gasteiger partial charge in [0.15, 0.2) is 0 Å². The molecule has 0 aromatic carbocycles. The van der Waals surface area contributed by atoms with Gasteiger partial charge >= 0.3 is 6.03 Å². The number of halogens is 1. The van der Waals surface area contributed by atoms with Gasteiger partial charge in [-0.25, -0.2) is 4.79 Å². The van der Waals surface area contributed by atoms with Crippen LogP contribution in [0.4, 0.5) is 4.79 Å². The number of urea groups is 1. The Bertz CT molecular complexity index is 386. The minimum atomic E-state index is -0.636. The van der Waals surface area contributed by atoms with Crippen molar-refractivity contribution in [1.82, 2.24) is 10.6 Å². The highest BCUT2D eigenvalue weighted by Gasteiger charge is 2.17. The zero-order chi connectivity index (χ0) is 13.4. The average molecular weight is 307 g/mol. The molecule has 19 heavy (non-hydrogen) atoms. The summed E-state index contributed by atoms with van der Waals surface area (Å²) in [5.41, 5.74) is 10.4. The third kappa shape index (κ3) is 7.00. The fraction of sp³-hybridized carbons (Fsp3) is 0.455. The third-order valence-electron chi connectivity index (χ3n) is 2.30. The first-order chi connectivity index (χ1) is 8.63. The van der Waals surface area contributed by atoms with Gasteiger partial charge in [-0.15, -0.1) is 23.7 Å². The first kappa shape index (κ1) is 17.7. The van der Waals surface area contributed by atoms with E-state index in [0.29, 0.717) is 13.1 Å². The quantitative estimate of drug-likeness (QED) is 0.557. The van der Waals surface area contributed by atoms with Crippen molar-refractivity contribution >= 4 is 35.7 Å². The van der Waals surface area contributed by atoms with Gasteiger partial charge in [0.1, 0.15) is 0 Å². The molecule has 0 fully saturated rings. The molecule has 0 aliphatic heterocycles. The summed E-state index contributed by atoms with van der Waals surface area (Å²) in [6.07, 6.45) is 0.909. The Labute approximate surface area is 122 Å². The summed E-state index contributed by atoms with van der Waals surface area (Å²) in [7, 11) is 0. The molecular weight excluding hydrogens is 288 g/mol. The van der Waals surface area contributed by atoms with Gasteiger partial charge in [0.2, 0.25) is 5.91 Å². The highest BCUT2D eigenvalue weighted by molar-refractivity contribution is 7.10. The number of nitrogens with one attached hydrogen (secondary N) is 2. The van der Waals surface area contributed by atoms with E-state index in [2.05, 4.69) is 10.6 Å². The van der Waals surface area contributed by atoms with Gasteiger partial charge in [0.05, 0.1) is 12.5 Å². The van der Waals surface area contributed by atoms with E-state index in [9.17, 15) is 9.59 Å². The fourth-order valence-electron chi connectivity index (χ4n) is 1.47. The number of carbonyl (C=O) groups excluding carboxylic acids is 2. The second-order valence-electron chi connectivity index (χ2n) is 3.77. The molecule has 0 aliphatic carbocycles. The average Bonchev–Trinajstić information content (AvgIpc) is 2.81. The summed E-state index contributed by atoms with van der Waals surface area (Å²) in [5, 5.41) is 7.20. The Kier molecular flexibility index (Phi) is 8.94. The topological polar surface area (TPSA) is 110 Å². The van der Waals surface area contributed by atoms with E-state index in [1.54, 1.807) is 0 Å². The molecule has 0 spiro atoms. The van der Waals surface area contributed by atoms with Crippen LogP contribution in [0.15, 0.2) is 17.5 Å². The molecule has 0 saturated carbocycles. The minimum Gasteiger partial charge on any atom is -0.356 e. The number of carbonyl (C=O) groups is 2. The molecule has 0 aliphatic rings. The monoisotopic (exact) mass is 306 g/mol. The molecule has 3 amide bonds. The highest BCUT2D eigenvalue weighted by Crippen LogP contribution is 2.21. The number of amides is 3. The minimum absolute atomic E-state index is 0. The summed E-state index contributed by atoms with van der Waals surface area (Å²) < 4.78 is 0. The summed E-state index contributed by atoms with van der Waals surface area (Å²) in [6.45, 7) is 1.08. The Balaban J connectivity index is 0.00000324. The fourth-order valence-corrected chi connectivity index (χ4v) is 2.25. The van der Waals surface area contributed by atoms with Gasteiger partial charge in [-0.1, -0.05) is 6.07 Å². The molecule has 8 heteroatoms. The molecule has 1 aromatic rings. The number of rotatable bonds is 7. The van der Waals surface area contributed by atoms with Crippen molar-refractivity contribution in [3.8, 4) is 0 Å². The van der Waals surface area contributed by atoms with Crippen molar-refractivity contribution in [2.75, 3.05) is 13.1 Å². The van der Waals surface area contributed by atoms with Gasteiger partial charge in [0.25, 0.3) is 0 Å². The van der Waals surface area contributed by atoms with E-state index in [1.807, 2.05) is 17.5 Å². The van der Waals surface area contributed by atoms with Gasteiger partial charge in [-0.2, -0.15) is 0 Å². The van der Waals surface area contributed by atoms with E-state index in [-0.39, 0.29) is 30.8 Å². The summed E-state index contributed by atoms with van der Waals surface area (Å²) in [5.74, 6) is -0.129. The predicted octanol–water partition coefficient (Wildman–Crippen LogP) is 0.734. The van der Waals surface area contributed by atoms with Gasteiger partial charge < -0.3 is 22.1 Å². The molecule has 1 aromatic heterocycles. The Hall–Kier alpha value is -1.31. The molecule has 1 atom stereocenters. The van der Waals surface area contributed by atoms with Crippen LogP contribution in [0.1, 0.15) is 23.8 Å². The summed E-state index contributed by atoms with van der Waals surface area (Å²) >= 11 is 1.47. The molecule has 0 saturated heterocycles. The van der Waals surface area contributed by atoms with Crippen molar-refractivity contribution in [3.63, 3.8) is 0 Å². The van der Waals surface area contributed by atoms with Crippen LogP contribution in [0, 0.1) is 0 Å². The van der Waals surface area contributed by atoms with Crippen LogP contribution in [-0.2, 0) is 4.79 Å². The number of nitrogens with two attached hydrogens (primary N) is 2. The molecule has 0 radical (unpaired) electrons. The molecule has 0 bridgehead atoms. The lowest BCUT2D eigenvalue weighted by atomic mass is 10.1. The zero-order valence-corrected chi connectivity index (χ0v) is 12.1. The van der Waals surface area contributed by atoms with Crippen LogP contribution in [0.2, 0.25) is 0 Å². The van der Waals surface area contributed by atoms with E-state index in [1.165, 1.54) is 11.3 Å². The standard InChI is InChI=1S/C11H18N4O2S.ClH/c12-4-2-5-14-10(16)7-8(15-11(13)17)9-3-1-6-18-9;/h1,3,6,8H,2,4-5,7,12H2,(H,14,16)(H3,13,15,17);1H. The van der Waals surface area contributed by atoms with Crippen molar-refractivity contribution < 1.29 is 9.59 Å². The van der Waals surface area contributed by atoms with Crippen molar-refractivity contribution in [1.29, 1.82) is 0 Å². The lowest BCUT2D eigenvalue weighted by Gasteiger charge is -2.15. The van der Waals surface area contributed by atoms with Crippen molar-refractivity contribution in [2.24, 2.45) is 11.5 Å². The van der Waals surface area contributed by atoms with Crippen LogP contribution >= 0.6 is 23.7 Å². The lowest BCUT2D eigenvalue weighted by molar-refractivity contribution is -0.121. The number of thiophene rings is 1. The molecule has 1 unspecified atom stereocenters. The van der Waals surface area contributed by atoms with Crippen LogP contribution < -0.4 is 22.1 Å². The second kappa shape index (κ2) is 9.60. The summed E-state index contributed by atoms with van der Waals surface area (Å²) in [4.78, 5) is 23.5. The van der Waals surface area contributed by atoms with Crippen molar-refractivity contribution in [2.45, 2.75) is 18.9 Å². The van der Waals surface area contributed by atoms with Crippen LogP contribution in [0.5, 0.6) is 0 Å². The largest absolute Gasteiger partial charge is 0.356 e. The normalized spacial score (nSPS) is 11.2. The number of hydrogen-bond acceptors (Lipinski definition) is 4. The van der Waals surface area contributed by atoms with Gasteiger partial charge in [-0.3, -0.25) is 4.79 Å². The first-order valence-corrected chi connectivity index (χ1v) is 6.57. The SMILES string of the molecule is Cl.NCCCNC(=O)CC(NC(N)=O)c1cccs1. The molecule has 6 N–H and O–H groups in total. The van der Waals surface area contributed by atoms with Crippen LogP contribution in [-0.4, -0.2) is 25.0 Å². The predicted molar refractivity (Wildman–Crippen MR) is 78.3 cm³/mol. The molecule has 1 heterocycles. The third-order valence-corrected chi connectivity index (χ3v) is 3.28. The van der Waals surface area contributed by atoms with E-state index < -0.39 is 6.03 Å². The Morgan fingerprint density at radius 3 is 2.68 bits per heavy atom. The van der Waals surface area contributed by atoms with E-state index in [4.69, 9.17) is 11.5 Å². The Morgan fingerprint density at radius 1 is 1.42 bits per heavy atom. The second-order valence-corrected chi connectivity index (χ2v) is 4.75. The van der Waals surface area contributed by atoms with E-state index in [0.717, 1.165) is 11.3 Å². The first-order valence-electron chi connectivity index (χ1n) is 5.69. The Morgan fingerprint density at radius 2 is 2.16 bits per heavy atom. The van der Waals surface area contributed by atoms with Crippen LogP contribution in [0.25, 0.3) is 0 Å². The molecule has 108 valence electrons. The van der Waals surface area contributed by atoms with E-state index >= 15 is 0 Å². The molecular formula is C11H19ClN4O2S. The molecule has 6 nitrogen and oxygen atoms in total. The molecule has 1 rings (SSSR count). The smallest absolute Gasteiger partial charge is 0.312 e. The number of primary amides is 1. The summed E-state index contributed by atoms with van der Waals surface area (Å²) in [6, 6.07) is 2.71. The lowest BCUT2D eigenvalue weighted by Crippen LogP contribution is -2.36.